The van der Waals surface area contributed by atoms with Gasteiger partial charge in [0.25, 0.3) is 5.91 Å². The predicted molar refractivity (Wildman–Crippen MR) is 96.3 cm³/mol. The van der Waals surface area contributed by atoms with E-state index in [4.69, 9.17) is 0 Å². The van der Waals surface area contributed by atoms with Gasteiger partial charge in [-0.25, -0.2) is 0 Å². The molecule has 3 rings (SSSR count). The van der Waals surface area contributed by atoms with Crippen molar-refractivity contribution >= 4 is 44.4 Å². The molecule has 1 heterocycles. The van der Waals surface area contributed by atoms with Crippen LogP contribution >= 0.6 is 38.5 Å². The summed E-state index contributed by atoms with van der Waals surface area (Å²) < 4.78 is 2.16. The van der Waals surface area contributed by atoms with Crippen molar-refractivity contribution in [2.24, 2.45) is 0 Å². The molecule has 0 bridgehead atoms. The van der Waals surface area contributed by atoms with Crippen LogP contribution < -0.4 is 0 Å². The van der Waals surface area contributed by atoms with Crippen LogP contribution in [0, 0.1) is 3.57 Å². The van der Waals surface area contributed by atoms with Crippen molar-refractivity contribution in [1.82, 2.24) is 4.90 Å². The monoisotopic (exact) mass is 455 g/mol. The molecular weight excluding hydrogens is 441 g/mol. The second-order valence-electron chi connectivity index (χ2n) is 5.22. The Morgan fingerprint density at radius 3 is 2.76 bits per heavy atom. The van der Waals surface area contributed by atoms with Gasteiger partial charge in [0.2, 0.25) is 0 Å². The number of rotatable bonds is 2. The number of carbonyl (C=O) groups excluding carboxylic acids is 1. The van der Waals surface area contributed by atoms with Gasteiger partial charge < -0.3 is 4.90 Å². The third-order valence-electron chi connectivity index (χ3n) is 3.82. The van der Waals surface area contributed by atoms with Crippen molar-refractivity contribution < 1.29 is 4.79 Å². The van der Waals surface area contributed by atoms with Crippen LogP contribution in [-0.4, -0.2) is 17.4 Å². The average Bonchev–Trinajstić information content (AvgIpc) is 2.96. The number of halogens is 2. The van der Waals surface area contributed by atoms with E-state index in [2.05, 4.69) is 50.7 Å². The highest BCUT2D eigenvalue weighted by molar-refractivity contribution is 14.1. The first-order valence-electron chi connectivity index (χ1n) is 6.97. The van der Waals surface area contributed by atoms with Crippen molar-refractivity contribution in [3.8, 4) is 0 Å². The maximum atomic E-state index is 12.8. The molecule has 1 aliphatic heterocycles. The number of carbonyl (C=O) groups is 1. The topological polar surface area (TPSA) is 20.3 Å². The predicted octanol–water partition coefficient (Wildman–Crippen LogP) is 5.03. The summed E-state index contributed by atoms with van der Waals surface area (Å²) in [5.41, 5.74) is 1.99. The van der Waals surface area contributed by atoms with Gasteiger partial charge in [0.1, 0.15) is 0 Å². The van der Waals surface area contributed by atoms with Crippen molar-refractivity contribution in [3.63, 3.8) is 0 Å². The fourth-order valence-corrected chi connectivity index (χ4v) is 3.82. The molecule has 1 atom stereocenters. The zero-order valence-corrected chi connectivity index (χ0v) is 15.2. The van der Waals surface area contributed by atoms with Gasteiger partial charge in [-0.3, -0.25) is 4.79 Å². The fraction of sp³-hybridized carbons (Fsp3) is 0.235. The molecule has 1 amide bonds. The Morgan fingerprint density at radius 1 is 1.19 bits per heavy atom. The van der Waals surface area contributed by atoms with E-state index in [0.29, 0.717) is 0 Å². The van der Waals surface area contributed by atoms with Crippen LogP contribution in [0.1, 0.15) is 34.8 Å². The van der Waals surface area contributed by atoms with Gasteiger partial charge in [-0.1, -0.05) is 34.1 Å². The zero-order chi connectivity index (χ0) is 14.8. The first kappa shape index (κ1) is 15.0. The van der Waals surface area contributed by atoms with Gasteiger partial charge in [-0.15, -0.1) is 0 Å². The number of benzene rings is 2. The lowest BCUT2D eigenvalue weighted by Crippen LogP contribution is -2.30. The van der Waals surface area contributed by atoms with E-state index in [-0.39, 0.29) is 11.9 Å². The molecule has 0 saturated carbocycles. The highest BCUT2D eigenvalue weighted by Gasteiger charge is 2.30. The van der Waals surface area contributed by atoms with Gasteiger partial charge in [0.05, 0.1) is 6.04 Å². The molecule has 1 fully saturated rings. The first-order chi connectivity index (χ1) is 10.1. The van der Waals surface area contributed by atoms with Crippen LogP contribution in [0.25, 0.3) is 0 Å². The number of amides is 1. The summed E-state index contributed by atoms with van der Waals surface area (Å²) in [6, 6.07) is 16.3. The highest BCUT2D eigenvalue weighted by atomic mass is 127. The lowest BCUT2D eigenvalue weighted by molar-refractivity contribution is 0.0735. The third kappa shape index (κ3) is 3.31. The molecule has 1 saturated heterocycles. The van der Waals surface area contributed by atoms with Crippen LogP contribution in [0.15, 0.2) is 53.0 Å². The number of hydrogen-bond acceptors (Lipinski definition) is 1. The van der Waals surface area contributed by atoms with Crippen molar-refractivity contribution in [3.05, 3.63) is 67.7 Å². The minimum atomic E-state index is 0.135. The minimum Gasteiger partial charge on any atom is -0.332 e. The molecule has 2 aromatic carbocycles. The van der Waals surface area contributed by atoms with E-state index >= 15 is 0 Å². The molecule has 0 N–H and O–H groups in total. The summed E-state index contributed by atoms with van der Waals surface area (Å²) >= 11 is 5.76. The van der Waals surface area contributed by atoms with E-state index in [1.165, 1.54) is 5.56 Å². The molecule has 0 spiro atoms. The summed E-state index contributed by atoms with van der Waals surface area (Å²) in [7, 11) is 0. The normalized spacial score (nSPS) is 18.0. The lowest BCUT2D eigenvalue weighted by atomic mass is 10.0. The Labute approximate surface area is 146 Å². The molecule has 2 aromatic rings. The molecular formula is C17H15BrINO. The summed E-state index contributed by atoms with van der Waals surface area (Å²) in [5.74, 6) is 0.135. The van der Waals surface area contributed by atoms with Crippen molar-refractivity contribution in [2.75, 3.05) is 6.54 Å². The van der Waals surface area contributed by atoms with Gasteiger partial charge in [-0.2, -0.15) is 0 Å². The third-order valence-corrected chi connectivity index (χ3v) is 4.98. The highest BCUT2D eigenvalue weighted by Crippen LogP contribution is 2.34. The van der Waals surface area contributed by atoms with Gasteiger partial charge in [0, 0.05) is 20.2 Å². The number of likely N-dealkylation sites (tertiary alicyclic amines) is 1. The molecule has 21 heavy (non-hydrogen) atoms. The minimum absolute atomic E-state index is 0.135. The SMILES string of the molecule is O=C(c1cccc(I)c1)N1CCCC1c1cccc(Br)c1. The van der Waals surface area contributed by atoms with Crippen molar-refractivity contribution in [2.45, 2.75) is 18.9 Å². The Balaban J connectivity index is 1.89. The van der Waals surface area contributed by atoms with E-state index in [1.54, 1.807) is 0 Å². The zero-order valence-electron chi connectivity index (χ0n) is 11.4. The van der Waals surface area contributed by atoms with E-state index in [0.717, 1.165) is 33.0 Å². The van der Waals surface area contributed by atoms with Crippen LogP contribution in [0.2, 0.25) is 0 Å². The van der Waals surface area contributed by atoms with Gasteiger partial charge >= 0.3 is 0 Å². The molecule has 1 unspecified atom stereocenters. The maximum Gasteiger partial charge on any atom is 0.254 e. The average molecular weight is 456 g/mol. The lowest BCUT2D eigenvalue weighted by Gasteiger charge is -2.25. The quantitative estimate of drug-likeness (QED) is 0.581. The molecule has 0 aliphatic carbocycles. The Morgan fingerprint density at radius 2 is 2.00 bits per heavy atom. The summed E-state index contributed by atoms with van der Waals surface area (Å²) in [6.45, 7) is 0.835. The van der Waals surface area contributed by atoms with Crippen LogP contribution in [0.5, 0.6) is 0 Å². The molecule has 4 heteroatoms. The fourth-order valence-electron chi connectivity index (χ4n) is 2.86. The smallest absolute Gasteiger partial charge is 0.254 e. The molecule has 108 valence electrons. The van der Waals surface area contributed by atoms with Crippen molar-refractivity contribution in [1.29, 1.82) is 0 Å². The molecule has 2 nitrogen and oxygen atoms in total. The molecule has 0 radical (unpaired) electrons. The number of hydrogen-bond donors (Lipinski definition) is 0. The van der Waals surface area contributed by atoms with Gasteiger partial charge in [0.15, 0.2) is 0 Å². The summed E-state index contributed by atoms with van der Waals surface area (Å²) in [5, 5.41) is 0. The first-order valence-corrected chi connectivity index (χ1v) is 8.84. The largest absolute Gasteiger partial charge is 0.332 e. The maximum absolute atomic E-state index is 12.8. The van der Waals surface area contributed by atoms with Gasteiger partial charge in [-0.05, 0) is 71.3 Å². The molecule has 0 aromatic heterocycles. The van der Waals surface area contributed by atoms with Crippen LogP contribution in [-0.2, 0) is 0 Å². The number of nitrogens with zero attached hydrogens (tertiary/aromatic N) is 1. The summed E-state index contributed by atoms with van der Waals surface area (Å²) in [4.78, 5) is 14.8. The standard InChI is InChI=1S/C17H15BrINO/c18-14-6-1-4-12(10-14)16-8-3-9-20(16)17(21)13-5-2-7-15(19)11-13/h1-2,4-7,10-11,16H,3,8-9H2. The van der Waals surface area contributed by atoms with E-state index in [1.807, 2.05) is 41.3 Å². The second-order valence-corrected chi connectivity index (χ2v) is 7.38. The van der Waals surface area contributed by atoms with Crippen LogP contribution in [0.3, 0.4) is 0 Å². The second kappa shape index (κ2) is 6.48. The van der Waals surface area contributed by atoms with Crippen LogP contribution in [0.4, 0.5) is 0 Å². The Hall–Kier alpha value is -0.880. The molecule has 1 aliphatic rings. The Bertz CT molecular complexity index is 673. The van der Waals surface area contributed by atoms with E-state index < -0.39 is 0 Å². The summed E-state index contributed by atoms with van der Waals surface area (Å²) in [6.07, 6.45) is 2.10. The Kier molecular flexibility index (Phi) is 4.64. The van der Waals surface area contributed by atoms with E-state index in [9.17, 15) is 4.79 Å².